The van der Waals surface area contributed by atoms with Gasteiger partial charge in [0.25, 0.3) is 17.7 Å². The van der Waals surface area contributed by atoms with Gasteiger partial charge in [0.2, 0.25) is 0 Å². The fourth-order valence-corrected chi connectivity index (χ4v) is 5.15. The van der Waals surface area contributed by atoms with Gasteiger partial charge in [0.1, 0.15) is 12.1 Å². The predicted molar refractivity (Wildman–Crippen MR) is 167 cm³/mol. The molecule has 2 atom stereocenters. The number of H-pyrrole nitrogens is 1. The molecule has 3 amide bonds. The van der Waals surface area contributed by atoms with Gasteiger partial charge in [0.05, 0.1) is 25.4 Å². The summed E-state index contributed by atoms with van der Waals surface area (Å²) in [4.78, 5) is 78.2. The molecule has 5 N–H and O–H groups in total. The molecule has 1 aliphatic rings. The van der Waals surface area contributed by atoms with E-state index in [1.807, 2.05) is 6.07 Å². The minimum absolute atomic E-state index is 0.0396. The molecule has 2 heterocycles. The van der Waals surface area contributed by atoms with Crippen molar-refractivity contribution < 1.29 is 43.3 Å². The van der Waals surface area contributed by atoms with E-state index in [2.05, 4.69) is 25.7 Å². The summed E-state index contributed by atoms with van der Waals surface area (Å²) in [6.07, 6.45) is 1.49. The summed E-state index contributed by atoms with van der Waals surface area (Å²) in [5, 5.41) is 17.7. The van der Waals surface area contributed by atoms with Crippen LogP contribution in [0.3, 0.4) is 0 Å². The van der Waals surface area contributed by atoms with Crippen molar-refractivity contribution in [3.8, 4) is 0 Å². The summed E-state index contributed by atoms with van der Waals surface area (Å²) in [6.45, 7) is 3.34. The standard InChI is InChI=1S/C33H34N4O9/c1-17-25(34-18(2)28(17)31(41)37-26(32(42)43)14-19-8-6-5-7-9-19)16-22-21-15-20(10-11-23(21)35-30(22)40)29(39)36-24(33(44)46-4)12-13-27(38)45-3/h5-11,15-16,24,26,34H,12-14H2,1-4H3,(H,35,40)(H,36,39)(H,37,41)(H,42,43)/b22-16-/t24-,26+/m1/s1. The number of amides is 3. The highest BCUT2D eigenvalue weighted by atomic mass is 16.5. The smallest absolute Gasteiger partial charge is 0.328 e. The zero-order chi connectivity index (χ0) is 33.5. The molecule has 0 radical (unpaired) electrons. The Morgan fingerprint density at radius 2 is 1.63 bits per heavy atom. The van der Waals surface area contributed by atoms with Gasteiger partial charge in [0, 0.05) is 41.0 Å². The first kappa shape index (κ1) is 33.2. The second-order valence-corrected chi connectivity index (χ2v) is 10.7. The van der Waals surface area contributed by atoms with E-state index in [0.717, 1.165) is 12.7 Å². The van der Waals surface area contributed by atoms with Crippen molar-refractivity contribution >= 4 is 53.0 Å². The molecule has 0 unspecified atom stereocenters. The molecule has 46 heavy (non-hydrogen) atoms. The quantitative estimate of drug-likeness (QED) is 0.148. The molecule has 0 bridgehead atoms. The van der Waals surface area contributed by atoms with E-state index in [4.69, 9.17) is 4.74 Å². The zero-order valence-electron chi connectivity index (χ0n) is 25.7. The number of hydrogen-bond acceptors (Lipinski definition) is 8. The highest BCUT2D eigenvalue weighted by Gasteiger charge is 2.29. The average molecular weight is 631 g/mol. The number of fused-ring (bicyclic) bond motifs is 1. The van der Waals surface area contributed by atoms with Crippen LogP contribution in [0.1, 0.15) is 61.6 Å². The van der Waals surface area contributed by atoms with Gasteiger partial charge in [-0.3, -0.25) is 19.2 Å². The van der Waals surface area contributed by atoms with Crippen LogP contribution in [0.2, 0.25) is 0 Å². The van der Waals surface area contributed by atoms with Crippen molar-refractivity contribution in [2.75, 3.05) is 19.5 Å². The first-order valence-electron chi connectivity index (χ1n) is 14.3. The number of ether oxygens (including phenoxy) is 2. The molecular formula is C33H34N4O9. The second-order valence-electron chi connectivity index (χ2n) is 10.7. The Balaban J connectivity index is 1.58. The van der Waals surface area contributed by atoms with E-state index in [-0.39, 0.29) is 36.0 Å². The molecule has 1 aliphatic heterocycles. The first-order valence-corrected chi connectivity index (χ1v) is 14.3. The number of esters is 2. The van der Waals surface area contributed by atoms with Crippen LogP contribution in [0.25, 0.3) is 11.6 Å². The molecule has 4 rings (SSSR count). The van der Waals surface area contributed by atoms with Gasteiger partial charge in [-0.1, -0.05) is 30.3 Å². The van der Waals surface area contributed by atoms with Crippen LogP contribution in [0.5, 0.6) is 0 Å². The maximum absolute atomic E-state index is 13.3. The normalized spacial score (nSPS) is 14.1. The van der Waals surface area contributed by atoms with E-state index in [1.165, 1.54) is 19.2 Å². The highest BCUT2D eigenvalue weighted by molar-refractivity contribution is 6.35. The van der Waals surface area contributed by atoms with Crippen LogP contribution in [0, 0.1) is 13.8 Å². The monoisotopic (exact) mass is 630 g/mol. The number of aliphatic carboxylic acids is 1. The molecule has 0 saturated carbocycles. The number of benzene rings is 2. The number of carboxylic acids is 1. The number of methoxy groups -OCH3 is 2. The number of aryl methyl sites for hydroxylation is 1. The van der Waals surface area contributed by atoms with Crippen LogP contribution in [0.4, 0.5) is 5.69 Å². The van der Waals surface area contributed by atoms with Crippen LogP contribution < -0.4 is 16.0 Å². The Labute approximate surface area is 264 Å². The molecular weight excluding hydrogens is 596 g/mol. The molecule has 3 aromatic rings. The number of anilines is 1. The van der Waals surface area contributed by atoms with Gasteiger partial charge in [0.15, 0.2) is 0 Å². The summed E-state index contributed by atoms with van der Waals surface area (Å²) in [7, 11) is 2.38. The lowest BCUT2D eigenvalue weighted by molar-refractivity contribution is -0.144. The second kappa shape index (κ2) is 14.4. The van der Waals surface area contributed by atoms with Crippen molar-refractivity contribution in [1.82, 2.24) is 15.6 Å². The van der Waals surface area contributed by atoms with Crippen molar-refractivity contribution in [3.63, 3.8) is 0 Å². The molecule has 2 aromatic carbocycles. The highest BCUT2D eigenvalue weighted by Crippen LogP contribution is 2.35. The van der Waals surface area contributed by atoms with Crippen molar-refractivity contribution in [1.29, 1.82) is 0 Å². The van der Waals surface area contributed by atoms with Crippen molar-refractivity contribution in [2.24, 2.45) is 0 Å². The predicted octanol–water partition coefficient (Wildman–Crippen LogP) is 2.77. The molecule has 0 saturated heterocycles. The fourth-order valence-electron chi connectivity index (χ4n) is 5.15. The fraction of sp³-hybridized carbons (Fsp3) is 0.273. The summed E-state index contributed by atoms with van der Waals surface area (Å²) in [6, 6.07) is 11.2. The molecule has 13 heteroatoms. The summed E-state index contributed by atoms with van der Waals surface area (Å²) in [5.74, 6) is -4.11. The van der Waals surface area contributed by atoms with Gasteiger partial charge in [-0.25, -0.2) is 9.59 Å². The van der Waals surface area contributed by atoms with Gasteiger partial charge in [-0.05, 0) is 55.7 Å². The van der Waals surface area contributed by atoms with Gasteiger partial charge in [-0.15, -0.1) is 0 Å². The number of hydrogen-bond donors (Lipinski definition) is 5. The largest absolute Gasteiger partial charge is 0.480 e. The number of nitrogens with one attached hydrogen (secondary N) is 4. The van der Waals surface area contributed by atoms with Crippen molar-refractivity contribution in [2.45, 2.75) is 45.2 Å². The lowest BCUT2D eigenvalue weighted by Crippen LogP contribution is -2.42. The van der Waals surface area contributed by atoms with E-state index < -0.39 is 47.7 Å². The third-order valence-electron chi connectivity index (χ3n) is 7.60. The van der Waals surface area contributed by atoms with Gasteiger partial charge < -0.3 is 35.5 Å². The van der Waals surface area contributed by atoms with Gasteiger partial charge in [-0.2, -0.15) is 0 Å². The number of carbonyl (C=O) groups excluding carboxylic acids is 5. The Bertz CT molecular complexity index is 1730. The minimum atomic E-state index is -1.18. The lowest BCUT2D eigenvalue weighted by Gasteiger charge is -2.16. The number of aromatic nitrogens is 1. The van der Waals surface area contributed by atoms with Crippen molar-refractivity contribution in [3.05, 3.63) is 87.7 Å². The van der Waals surface area contributed by atoms with E-state index in [9.17, 15) is 33.9 Å². The van der Waals surface area contributed by atoms with Crippen LogP contribution in [-0.4, -0.2) is 72.0 Å². The number of aromatic amines is 1. The van der Waals surface area contributed by atoms with Crippen LogP contribution in [-0.2, 0) is 35.1 Å². The summed E-state index contributed by atoms with van der Waals surface area (Å²) >= 11 is 0. The molecule has 240 valence electrons. The molecule has 13 nitrogen and oxygen atoms in total. The molecule has 0 spiro atoms. The lowest BCUT2D eigenvalue weighted by atomic mass is 10.0. The topological polar surface area (TPSA) is 193 Å². The number of carbonyl (C=O) groups is 6. The maximum Gasteiger partial charge on any atom is 0.328 e. The summed E-state index contributed by atoms with van der Waals surface area (Å²) < 4.78 is 9.36. The first-order chi connectivity index (χ1) is 21.9. The van der Waals surface area contributed by atoms with E-state index >= 15 is 0 Å². The maximum atomic E-state index is 13.3. The number of rotatable bonds is 12. The SMILES string of the molecule is COC(=O)CC[C@@H](NC(=O)c1ccc2c(c1)/C(=C/c1[nH]c(C)c(C(=O)N[C@@H](Cc3ccccc3)C(=O)O)c1C)C(=O)N2)C(=O)OC. The molecule has 0 fully saturated rings. The third kappa shape index (κ3) is 7.49. The van der Waals surface area contributed by atoms with Crippen LogP contribution >= 0.6 is 0 Å². The van der Waals surface area contributed by atoms with E-state index in [0.29, 0.717) is 28.2 Å². The van der Waals surface area contributed by atoms with Gasteiger partial charge >= 0.3 is 17.9 Å². The summed E-state index contributed by atoms with van der Waals surface area (Å²) in [5.41, 5.74) is 3.63. The minimum Gasteiger partial charge on any atom is -0.480 e. The molecule has 1 aromatic heterocycles. The zero-order valence-corrected chi connectivity index (χ0v) is 25.7. The number of carboxylic acid groups (broad SMARTS) is 1. The Morgan fingerprint density at radius 3 is 2.28 bits per heavy atom. The van der Waals surface area contributed by atoms with Crippen LogP contribution in [0.15, 0.2) is 48.5 Å². The van der Waals surface area contributed by atoms with E-state index in [1.54, 1.807) is 50.3 Å². The Hall–Kier alpha value is -5.72. The molecule has 0 aliphatic carbocycles. The third-order valence-corrected chi connectivity index (χ3v) is 7.60. The average Bonchev–Trinajstić information content (AvgIpc) is 3.51. The Kier molecular flexibility index (Phi) is 10.4. The Morgan fingerprint density at radius 1 is 0.935 bits per heavy atom.